The molecule has 0 N–H and O–H groups in total. The van der Waals surface area contributed by atoms with Gasteiger partial charge < -0.3 is 9.80 Å². The highest BCUT2D eigenvalue weighted by molar-refractivity contribution is 5.60. The Morgan fingerprint density at radius 3 is 2.70 bits per heavy atom. The van der Waals surface area contributed by atoms with Gasteiger partial charge in [0.25, 0.3) is 0 Å². The van der Waals surface area contributed by atoms with Crippen molar-refractivity contribution in [1.29, 1.82) is 0 Å². The van der Waals surface area contributed by atoms with Crippen molar-refractivity contribution in [2.24, 2.45) is 0 Å². The third kappa shape index (κ3) is 3.24. The van der Waals surface area contributed by atoms with E-state index in [4.69, 9.17) is 5.10 Å². The zero-order valence-corrected chi connectivity index (χ0v) is 16.9. The quantitative estimate of drug-likeness (QED) is 0.517. The first-order valence-electron chi connectivity index (χ1n) is 9.97. The van der Waals surface area contributed by atoms with Crippen molar-refractivity contribution >= 4 is 17.3 Å². The number of hydrogen-bond acceptors (Lipinski definition) is 6. The predicted octanol–water partition coefficient (Wildman–Crippen LogP) is 3.73. The zero-order valence-electron chi connectivity index (χ0n) is 16.9. The van der Waals surface area contributed by atoms with Crippen LogP contribution in [-0.4, -0.2) is 45.2 Å². The van der Waals surface area contributed by atoms with Gasteiger partial charge in [-0.05, 0) is 42.7 Å². The predicted molar refractivity (Wildman–Crippen MR) is 114 cm³/mol. The molecule has 8 heteroatoms. The van der Waals surface area contributed by atoms with Crippen molar-refractivity contribution < 1.29 is 4.39 Å². The molecule has 1 saturated heterocycles. The zero-order chi connectivity index (χ0) is 20.7. The van der Waals surface area contributed by atoms with Crippen LogP contribution in [0.4, 0.5) is 16.0 Å². The van der Waals surface area contributed by atoms with Crippen LogP contribution in [0, 0.1) is 5.82 Å². The van der Waals surface area contributed by atoms with Crippen LogP contribution in [0.15, 0.2) is 55.0 Å². The summed E-state index contributed by atoms with van der Waals surface area (Å²) in [7, 11) is 3.85. The lowest BCUT2D eigenvalue weighted by molar-refractivity contribution is 0.617. The second-order valence-corrected chi connectivity index (χ2v) is 7.67. The molecule has 0 saturated carbocycles. The van der Waals surface area contributed by atoms with Gasteiger partial charge in [-0.15, -0.1) is 5.10 Å². The van der Waals surface area contributed by atoms with Gasteiger partial charge in [0.15, 0.2) is 5.65 Å². The summed E-state index contributed by atoms with van der Waals surface area (Å²) in [6, 6.07) is 10.9. The Morgan fingerprint density at radius 1 is 1.03 bits per heavy atom. The molecule has 0 aliphatic carbocycles. The molecule has 1 aliphatic rings. The van der Waals surface area contributed by atoms with E-state index in [2.05, 4.69) is 19.9 Å². The van der Waals surface area contributed by atoms with E-state index in [1.807, 2.05) is 37.2 Å². The standard InChI is InChI=1S/C22H22FN7/c1-28(2)22-14-24-17(12-25-22)19-13-26-20-8-9-21(27-30(19)20)29-10-4-7-18(29)15-5-3-6-16(23)11-15/h3,5-6,8-9,11-14,18H,4,7,10H2,1-2H3. The summed E-state index contributed by atoms with van der Waals surface area (Å²) in [5.41, 5.74) is 3.21. The second kappa shape index (κ2) is 7.37. The van der Waals surface area contributed by atoms with Crippen LogP contribution in [0.25, 0.3) is 17.0 Å². The van der Waals surface area contributed by atoms with Gasteiger partial charge in [0.1, 0.15) is 28.8 Å². The minimum atomic E-state index is -0.209. The molecule has 0 spiro atoms. The summed E-state index contributed by atoms with van der Waals surface area (Å²) in [6.07, 6.45) is 7.24. The Kier molecular flexibility index (Phi) is 4.54. The maximum Gasteiger partial charge on any atom is 0.154 e. The van der Waals surface area contributed by atoms with E-state index < -0.39 is 0 Å². The Hall–Kier alpha value is -3.55. The first-order valence-corrected chi connectivity index (χ1v) is 9.97. The van der Waals surface area contributed by atoms with Gasteiger partial charge in [0, 0.05) is 20.6 Å². The number of benzene rings is 1. The molecule has 1 aliphatic heterocycles. The van der Waals surface area contributed by atoms with E-state index in [9.17, 15) is 4.39 Å². The van der Waals surface area contributed by atoms with Gasteiger partial charge in [-0.2, -0.15) is 0 Å². The fraction of sp³-hybridized carbons (Fsp3) is 0.273. The topological polar surface area (TPSA) is 62.5 Å². The van der Waals surface area contributed by atoms with Crippen LogP contribution in [0.5, 0.6) is 0 Å². The van der Waals surface area contributed by atoms with E-state index >= 15 is 0 Å². The van der Waals surface area contributed by atoms with E-state index in [-0.39, 0.29) is 11.9 Å². The Balaban J connectivity index is 1.52. The average molecular weight is 403 g/mol. The summed E-state index contributed by atoms with van der Waals surface area (Å²) in [6.45, 7) is 0.876. The largest absolute Gasteiger partial charge is 0.361 e. The molecule has 152 valence electrons. The molecule has 0 amide bonds. The number of halogens is 1. The highest BCUT2D eigenvalue weighted by atomic mass is 19.1. The van der Waals surface area contributed by atoms with Gasteiger partial charge in [-0.1, -0.05) is 12.1 Å². The minimum absolute atomic E-state index is 0.108. The molecule has 0 bridgehead atoms. The van der Waals surface area contributed by atoms with E-state index in [1.54, 1.807) is 35.2 Å². The molecule has 1 atom stereocenters. The van der Waals surface area contributed by atoms with Crippen molar-refractivity contribution in [3.8, 4) is 11.4 Å². The van der Waals surface area contributed by atoms with Crippen molar-refractivity contribution in [2.75, 3.05) is 30.4 Å². The molecule has 30 heavy (non-hydrogen) atoms. The Bertz CT molecular complexity index is 1190. The van der Waals surface area contributed by atoms with Crippen LogP contribution in [-0.2, 0) is 0 Å². The Morgan fingerprint density at radius 2 is 1.93 bits per heavy atom. The molecule has 1 fully saturated rings. The van der Waals surface area contributed by atoms with Crippen molar-refractivity contribution in [3.05, 3.63) is 66.4 Å². The van der Waals surface area contributed by atoms with Gasteiger partial charge in [0.2, 0.25) is 0 Å². The summed E-state index contributed by atoms with van der Waals surface area (Å²) >= 11 is 0. The lowest BCUT2D eigenvalue weighted by Crippen LogP contribution is -2.24. The second-order valence-electron chi connectivity index (χ2n) is 7.67. The third-order valence-corrected chi connectivity index (χ3v) is 5.49. The monoisotopic (exact) mass is 403 g/mol. The highest BCUT2D eigenvalue weighted by Gasteiger charge is 2.28. The summed E-state index contributed by atoms with van der Waals surface area (Å²) in [4.78, 5) is 17.6. The van der Waals surface area contributed by atoms with E-state index in [1.165, 1.54) is 6.07 Å². The summed E-state index contributed by atoms with van der Waals surface area (Å²) in [5, 5.41) is 4.86. The molecule has 4 aromatic rings. The molecule has 5 rings (SSSR count). The minimum Gasteiger partial charge on any atom is -0.361 e. The SMILES string of the molecule is CN(C)c1cnc(-c2cnc3ccc(N4CCCC4c4cccc(F)c4)nn23)cn1. The molecular formula is C22H22FN7. The van der Waals surface area contributed by atoms with Gasteiger partial charge in [-0.3, -0.25) is 0 Å². The lowest BCUT2D eigenvalue weighted by Gasteiger charge is -2.26. The smallest absolute Gasteiger partial charge is 0.154 e. The van der Waals surface area contributed by atoms with Gasteiger partial charge in [-0.25, -0.2) is 23.9 Å². The van der Waals surface area contributed by atoms with Crippen LogP contribution in [0.3, 0.4) is 0 Å². The average Bonchev–Trinajstić information content (AvgIpc) is 3.40. The van der Waals surface area contributed by atoms with Crippen molar-refractivity contribution in [1.82, 2.24) is 24.6 Å². The fourth-order valence-electron chi connectivity index (χ4n) is 3.98. The van der Waals surface area contributed by atoms with E-state index in [0.717, 1.165) is 47.9 Å². The van der Waals surface area contributed by atoms with Crippen LogP contribution in [0.1, 0.15) is 24.4 Å². The summed E-state index contributed by atoms with van der Waals surface area (Å²) in [5.74, 6) is 1.42. The molecule has 4 heterocycles. The molecule has 3 aromatic heterocycles. The molecule has 1 aromatic carbocycles. The number of aromatic nitrogens is 5. The molecule has 7 nitrogen and oxygen atoms in total. The van der Waals surface area contributed by atoms with Crippen LogP contribution < -0.4 is 9.80 Å². The normalized spacial score (nSPS) is 16.4. The number of hydrogen-bond donors (Lipinski definition) is 0. The van der Waals surface area contributed by atoms with Crippen LogP contribution >= 0.6 is 0 Å². The molecule has 1 unspecified atom stereocenters. The maximum atomic E-state index is 13.8. The van der Waals surface area contributed by atoms with Crippen molar-refractivity contribution in [2.45, 2.75) is 18.9 Å². The third-order valence-electron chi connectivity index (χ3n) is 5.49. The number of rotatable bonds is 4. The fourth-order valence-corrected chi connectivity index (χ4v) is 3.98. The molecule has 0 radical (unpaired) electrons. The Labute approximate surface area is 173 Å². The maximum absolute atomic E-state index is 13.8. The summed E-state index contributed by atoms with van der Waals surface area (Å²) < 4.78 is 15.6. The molecular weight excluding hydrogens is 381 g/mol. The van der Waals surface area contributed by atoms with Crippen molar-refractivity contribution in [3.63, 3.8) is 0 Å². The first-order chi connectivity index (χ1) is 14.6. The first kappa shape index (κ1) is 18.5. The lowest BCUT2D eigenvalue weighted by atomic mass is 10.0. The number of imidazole rings is 1. The van der Waals surface area contributed by atoms with Gasteiger partial charge >= 0.3 is 0 Å². The highest BCUT2D eigenvalue weighted by Crippen LogP contribution is 2.35. The number of fused-ring (bicyclic) bond motifs is 1. The number of nitrogens with zero attached hydrogens (tertiary/aromatic N) is 7. The number of anilines is 2. The van der Waals surface area contributed by atoms with E-state index in [0.29, 0.717) is 5.69 Å². The van der Waals surface area contributed by atoms with Crippen LogP contribution in [0.2, 0.25) is 0 Å². The van der Waals surface area contributed by atoms with Gasteiger partial charge in [0.05, 0.1) is 24.6 Å².